The number of nitrogens with zero attached hydrogens (tertiary/aromatic N) is 1. The molecule has 0 fully saturated rings. The number of carbonyl (C=O) groups excluding carboxylic acids is 2. The highest BCUT2D eigenvalue weighted by atomic mass is 32.2. The summed E-state index contributed by atoms with van der Waals surface area (Å²) in [6, 6.07) is 26.6. The number of carbonyl (C=O) groups is 2. The Morgan fingerprint density at radius 1 is 0.816 bits per heavy atom. The average molecular weight is 709 g/mol. The normalized spacial score (nSPS) is 13.5. The molecule has 0 aliphatic rings. The van der Waals surface area contributed by atoms with E-state index in [-0.39, 0.29) is 28.1 Å². The van der Waals surface area contributed by atoms with Gasteiger partial charge in [0.05, 0.1) is 42.1 Å². The summed E-state index contributed by atoms with van der Waals surface area (Å²) in [6.07, 6.45) is -0.271. The first-order valence-electron chi connectivity index (χ1n) is 15.3. The third-order valence-corrected chi connectivity index (χ3v) is 10.5. The number of benzene rings is 4. The number of methoxy groups -OCH3 is 1. The molecular weight excluding hydrogens is 669 g/mol. The Labute approximate surface area is 287 Å². The molecule has 0 aromatic heterocycles. The van der Waals surface area contributed by atoms with Gasteiger partial charge in [0.15, 0.2) is 0 Å². The average Bonchev–Trinajstić information content (AvgIpc) is 3.10. The molecule has 49 heavy (non-hydrogen) atoms. The van der Waals surface area contributed by atoms with Crippen LogP contribution < -0.4 is 24.4 Å². The fourth-order valence-corrected chi connectivity index (χ4v) is 6.47. The first-order chi connectivity index (χ1) is 23.2. The monoisotopic (exact) mass is 708 g/mol. The number of hydrogen-bond acceptors (Lipinski definition) is 8. The maximum Gasteiger partial charge on any atom is 0.251 e. The van der Waals surface area contributed by atoms with Crippen molar-refractivity contribution >= 4 is 37.5 Å². The molecule has 4 aromatic carbocycles. The van der Waals surface area contributed by atoms with Crippen LogP contribution in [0.4, 0.5) is 5.69 Å². The molecule has 4 rings (SSSR count). The molecular formula is C35H40N4O8S2. The first kappa shape index (κ1) is 37.1. The number of ether oxygens (including phenoxy) is 1. The van der Waals surface area contributed by atoms with Crippen molar-refractivity contribution < 1.29 is 36.3 Å². The third-order valence-electron chi connectivity index (χ3n) is 7.88. The highest BCUT2D eigenvalue weighted by Gasteiger charge is 2.26. The van der Waals surface area contributed by atoms with Gasteiger partial charge in [-0.2, -0.15) is 0 Å². The van der Waals surface area contributed by atoms with Gasteiger partial charge in [0.2, 0.25) is 20.0 Å². The van der Waals surface area contributed by atoms with Crippen LogP contribution in [-0.2, 0) is 26.5 Å². The van der Waals surface area contributed by atoms with Gasteiger partial charge in [-0.1, -0.05) is 60.7 Å². The van der Waals surface area contributed by atoms with E-state index in [1.54, 1.807) is 31.2 Å². The Morgan fingerprint density at radius 3 is 1.92 bits per heavy atom. The summed E-state index contributed by atoms with van der Waals surface area (Å²) in [4.78, 5) is 27.2. The van der Waals surface area contributed by atoms with E-state index in [0.717, 1.165) is 21.7 Å². The zero-order chi connectivity index (χ0) is 35.8. The van der Waals surface area contributed by atoms with Crippen molar-refractivity contribution in [3.63, 3.8) is 0 Å². The lowest BCUT2D eigenvalue weighted by molar-refractivity contribution is 0.0840. The molecule has 0 saturated carbocycles. The third kappa shape index (κ3) is 10.1. The second-order valence-electron chi connectivity index (χ2n) is 11.5. The minimum Gasteiger partial charge on any atom is -0.497 e. The van der Waals surface area contributed by atoms with E-state index in [1.165, 1.54) is 56.6 Å². The van der Waals surface area contributed by atoms with Crippen molar-refractivity contribution in [2.45, 2.75) is 36.4 Å². The number of rotatable bonds is 15. The van der Waals surface area contributed by atoms with E-state index in [2.05, 4.69) is 15.4 Å². The Kier molecular flexibility index (Phi) is 12.2. The van der Waals surface area contributed by atoms with Crippen LogP contribution in [0.3, 0.4) is 0 Å². The maximum atomic E-state index is 13.8. The predicted octanol–water partition coefficient (Wildman–Crippen LogP) is 3.26. The van der Waals surface area contributed by atoms with E-state index < -0.39 is 56.6 Å². The van der Waals surface area contributed by atoms with Crippen LogP contribution in [0.15, 0.2) is 108 Å². The lowest BCUT2D eigenvalue weighted by Gasteiger charge is -2.25. The van der Waals surface area contributed by atoms with E-state index in [0.29, 0.717) is 5.75 Å². The Morgan fingerprint density at radius 2 is 1.37 bits per heavy atom. The van der Waals surface area contributed by atoms with E-state index in [9.17, 15) is 31.5 Å². The zero-order valence-electron chi connectivity index (χ0n) is 27.5. The van der Waals surface area contributed by atoms with Crippen molar-refractivity contribution in [1.82, 2.24) is 15.4 Å². The second kappa shape index (κ2) is 16.1. The molecule has 0 saturated heterocycles. The summed E-state index contributed by atoms with van der Waals surface area (Å²) >= 11 is 0. The number of amides is 2. The Hall–Kier alpha value is -4.76. The first-order valence-corrected chi connectivity index (χ1v) is 18.6. The molecule has 0 bridgehead atoms. The Balaban J connectivity index is 1.61. The summed E-state index contributed by atoms with van der Waals surface area (Å²) < 4.78 is 59.3. The number of sulfonamides is 2. The summed E-state index contributed by atoms with van der Waals surface area (Å²) in [6.45, 7) is 1.36. The molecule has 12 nitrogen and oxygen atoms in total. The summed E-state index contributed by atoms with van der Waals surface area (Å²) in [5.41, 5.74) is 1.66. The van der Waals surface area contributed by atoms with Crippen molar-refractivity contribution in [3.05, 3.63) is 125 Å². The predicted molar refractivity (Wildman–Crippen MR) is 188 cm³/mol. The number of aliphatic hydroxyl groups is 1. The molecule has 14 heteroatoms. The van der Waals surface area contributed by atoms with Crippen molar-refractivity contribution in [2.24, 2.45) is 0 Å². The molecule has 0 radical (unpaired) electrons. The van der Waals surface area contributed by atoms with Gasteiger partial charge in [-0.15, -0.1) is 0 Å². The van der Waals surface area contributed by atoms with Crippen LogP contribution >= 0.6 is 0 Å². The lowest BCUT2D eigenvalue weighted by atomic mass is 10.00. The van der Waals surface area contributed by atoms with Gasteiger partial charge in [-0.25, -0.2) is 21.6 Å². The minimum atomic E-state index is -4.03. The van der Waals surface area contributed by atoms with Gasteiger partial charge < -0.3 is 20.5 Å². The summed E-state index contributed by atoms with van der Waals surface area (Å²) in [5, 5.41) is 16.9. The van der Waals surface area contributed by atoms with Crippen molar-refractivity contribution in [3.8, 4) is 5.75 Å². The molecule has 260 valence electrons. The minimum absolute atomic E-state index is 0.0355. The fourth-order valence-electron chi connectivity index (χ4n) is 4.93. The maximum absolute atomic E-state index is 13.8. The molecule has 4 aromatic rings. The lowest BCUT2D eigenvalue weighted by Crippen LogP contribution is -2.49. The summed E-state index contributed by atoms with van der Waals surface area (Å²) in [5.74, 6) is -0.780. The Bertz CT molecular complexity index is 1960. The SMILES string of the molecule is COc1ccc(S(=O)(=O)NCC(O)C(Cc2ccccc2)NC(=O)c2cc(C(=O)NC(C)c3ccccc3)cc(N(C)S(C)(=O)=O)c2)cc1. The smallest absolute Gasteiger partial charge is 0.251 e. The summed E-state index contributed by atoms with van der Waals surface area (Å²) in [7, 11) is -5.04. The van der Waals surface area contributed by atoms with Crippen LogP contribution in [0, 0.1) is 0 Å². The van der Waals surface area contributed by atoms with Crippen LogP contribution in [0.2, 0.25) is 0 Å². The molecule has 0 aliphatic carbocycles. The van der Waals surface area contributed by atoms with Crippen LogP contribution in [-0.4, -0.2) is 72.9 Å². The van der Waals surface area contributed by atoms with Crippen molar-refractivity contribution in [2.75, 3.05) is 31.3 Å². The molecule has 0 aliphatic heterocycles. The second-order valence-corrected chi connectivity index (χ2v) is 15.3. The van der Waals surface area contributed by atoms with E-state index in [4.69, 9.17) is 4.74 Å². The largest absolute Gasteiger partial charge is 0.497 e. The zero-order valence-corrected chi connectivity index (χ0v) is 29.2. The number of hydrogen-bond donors (Lipinski definition) is 4. The topological polar surface area (TPSA) is 171 Å². The molecule has 2 amide bonds. The van der Waals surface area contributed by atoms with Crippen LogP contribution in [0.25, 0.3) is 0 Å². The van der Waals surface area contributed by atoms with Crippen LogP contribution in [0.5, 0.6) is 5.75 Å². The fraction of sp³-hybridized carbons (Fsp3) is 0.257. The molecule has 3 atom stereocenters. The van der Waals surface area contributed by atoms with Gasteiger partial charge in [-0.3, -0.25) is 13.9 Å². The van der Waals surface area contributed by atoms with Gasteiger partial charge in [0.25, 0.3) is 11.8 Å². The highest BCUT2D eigenvalue weighted by Crippen LogP contribution is 2.23. The van der Waals surface area contributed by atoms with Gasteiger partial charge in [0.1, 0.15) is 5.75 Å². The van der Waals surface area contributed by atoms with E-state index in [1.807, 2.05) is 36.4 Å². The standard InChI is InChI=1S/C35H40N4O8S2/c1-24(26-13-9-6-10-14-26)37-34(41)27-20-28(22-29(21-27)39(2)48(4,43)44)35(42)38-32(19-25-11-7-5-8-12-25)33(40)23-36-49(45,46)31-17-15-30(47-3)16-18-31/h5-18,20-22,24,32-33,36,40H,19,23H2,1-4H3,(H,37,41)(H,38,42). The number of nitrogens with one attached hydrogen (secondary N) is 3. The van der Waals surface area contributed by atoms with Crippen molar-refractivity contribution in [1.29, 1.82) is 0 Å². The molecule has 0 spiro atoms. The van der Waals surface area contributed by atoms with Gasteiger partial charge in [-0.05, 0) is 66.9 Å². The highest BCUT2D eigenvalue weighted by molar-refractivity contribution is 7.92. The number of aliphatic hydroxyl groups excluding tert-OH is 1. The molecule has 0 heterocycles. The van der Waals surface area contributed by atoms with Gasteiger partial charge >= 0.3 is 0 Å². The van der Waals surface area contributed by atoms with Crippen LogP contribution in [0.1, 0.15) is 44.8 Å². The molecule has 3 unspecified atom stereocenters. The van der Waals surface area contributed by atoms with Gasteiger partial charge in [0, 0.05) is 24.7 Å². The number of anilines is 1. The quantitative estimate of drug-likeness (QED) is 0.146. The van der Waals surface area contributed by atoms with E-state index >= 15 is 0 Å². The molecule has 4 N–H and O–H groups in total.